The number of rotatable bonds is 5. The summed E-state index contributed by atoms with van der Waals surface area (Å²) in [7, 11) is 0.0606. The van der Waals surface area contributed by atoms with Crippen molar-refractivity contribution in [1.29, 1.82) is 0 Å². The number of primary amides is 1. The Kier molecular flexibility index (Phi) is 8.05. The molecule has 0 aliphatic carbocycles. The van der Waals surface area contributed by atoms with Crippen LogP contribution in [0.2, 0.25) is 0 Å². The molecule has 1 amide bonds. The second kappa shape index (κ2) is 7.37. The summed E-state index contributed by atoms with van der Waals surface area (Å²) in [5.41, 5.74) is 4.53. The highest BCUT2D eigenvalue weighted by Gasteiger charge is 2.16. The highest BCUT2D eigenvalue weighted by atomic mass is 32.2. The standard InChI is InChI=1S/C6H15NO3S.C3H5NO/c1-4-7(2,3)5-6-11(8,9)10;1-2-3(4)5/h4-6H2,1-3H3;2H,1H2,(H2,4,5)/p+1. The molecule has 0 aliphatic heterocycles. The molecule has 96 valence electrons. The van der Waals surface area contributed by atoms with Crippen LogP contribution in [0.1, 0.15) is 6.92 Å². The van der Waals surface area contributed by atoms with Crippen LogP contribution in [0.4, 0.5) is 0 Å². The van der Waals surface area contributed by atoms with Gasteiger partial charge in [-0.15, -0.1) is 0 Å². The lowest BCUT2D eigenvalue weighted by Gasteiger charge is -2.27. The highest BCUT2D eigenvalue weighted by Crippen LogP contribution is 1.96. The molecule has 0 aromatic carbocycles. The van der Waals surface area contributed by atoms with Gasteiger partial charge < -0.3 is 10.2 Å². The average molecular weight is 253 g/mol. The van der Waals surface area contributed by atoms with Crippen molar-refractivity contribution in [2.75, 3.05) is 32.9 Å². The molecule has 0 fully saturated rings. The molecule has 0 saturated heterocycles. The molecule has 6 nitrogen and oxygen atoms in total. The molecule has 7 heteroatoms. The summed E-state index contributed by atoms with van der Waals surface area (Å²) in [5, 5.41) is 0. The van der Waals surface area contributed by atoms with Crippen LogP contribution in [-0.4, -0.2) is 56.3 Å². The predicted molar refractivity (Wildman–Crippen MR) is 63.3 cm³/mol. The first kappa shape index (κ1) is 17.5. The van der Waals surface area contributed by atoms with Gasteiger partial charge in [-0.1, -0.05) is 6.58 Å². The quantitative estimate of drug-likeness (QED) is 0.397. The van der Waals surface area contributed by atoms with Gasteiger partial charge in [0.25, 0.3) is 10.1 Å². The van der Waals surface area contributed by atoms with Crippen LogP contribution >= 0.6 is 0 Å². The van der Waals surface area contributed by atoms with Crippen molar-refractivity contribution in [3.05, 3.63) is 12.7 Å². The van der Waals surface area contributed by atoms with Gasteiger partial charge in [-0.25, -0.2) is 0 Å². The lowest BCUT2D eigenvalue weighted by Crippen LogP contribution is -2.42. The Bertz CT molecular complexity index is 322. The van der Waals surface area contributed by atoms with Crippen molar-refractivity contribution < 1.29 is 22.2 Å². The molecule has 16 heavy (non-hydrogen) atoms. The van der Waals surface area contributed by atoms with Gasteiger partial charge in [-0.3, -0.25) is 9.35 Å². The van der Waals surface area contributed by atoms with E-state index in [0.29, 0.717) is 11.0 Å². The van der Waals surface area contributed by atoms with Gasteiger partial charge in [0.05, 0.1) is 27.2 Å². The molecule has 0 aliphatic rings. The summed E-state index contributed by atoms with van der Waals surface area (Å²) >= 11 is 0. The highest BCUT2D eigenvalue weighted by molar-refractivity contribution is 7.85. The molecule has 0 radical (unpaired) electrons. The van der Waals surface area contributed by atoms with Gasteiger partial charge in [0.15, 0.2) is 0 Å². The fourth-order valence-corrected chi connectivity index (χ4v) is 1.25. The maximum atomic E-state index is 10.3. The van der Waals surface area contributed by atoms with Gasteiger partial charge in [0.2, 0.25) is 5.91 Å². The second-order valence-electron chi connectivity index (χ2n) is 3.87. The Hall–Kier alpha value is -0.920. The summed E-state index contributed by atoms with van der Waals surface area (Å²) in [6, 6.07) is 0. The van der Waals surface area contributed by atoms with Gasteiger partial charge in [-0.2, -0.15) is 8.42 Å². The molecule has 0 atom stereocenters. The van der Waals surface area contributed by atoms with Gasteiger partial charge >= 0.3 is 0 Å². The Morgan fingerprint density at radius 3 is 2.06 bits per heavy atom. The summed E-state index contributed by atoms with van der Waals surface area (Å²) in [4.78, 5) is 9.47. The molecule has 3 N–H and O–H groups in total. The number of carbonyl (C=O) groups is 1. The number of nitrogens with zero attached hydrogens (tertiary/aromatic N) is 1. The van der Waals surface area contributed by atoms with E-state index in [1.165, 1.54) is 0 Å². The van der Waals surface area contributed by atoms with E-state index >= 15 is 0 Å². The van der Waals surface area contributed by atoms with E-state index in [1.807, 2.05) is 21.0 Å². The Labute approximate surface area is 97.1 Å². The van der Waals surface area contributed by atoms with Crippen LogP contribution in [0, 0.1) is 0 Å². The molecule has 0 unspecified atom stereocenters. The summed E-state index contributed by atoms with van der Waals surface area (Å²) in [6.07, 6.45) is 1.06. The smallest absolute Gasteiger partial charge is 0.270 e. The molecule has 0 aromatic heterocycles. The van der Waals surface area contributed by atoms with Gasteiger partial charge in [0.1, 0.15) is 5.75 Å². The number of amides is 1. The van der Waals surface area contributed by atoms with E-state index in [4.69, 9.17) is 4.55 Å². The Morgan fingerprint density at radius 1 is 1.50 bits per heavy atom. The maximum Gasteiger partial charge on any atom is 0.270 e. The molecule has 0 spiro atoms. The number of hydrogen-bond donors (Lipinski definition) is 2. The number of carbonyl (C=O) groups excluding carboxylic acids is 1. The summed E-state index contributed by atoms with van der Waals surface area (Å²) in [6.45, 7) is 6.37. The van der Waals surface area contributed by atoms with Crippen LogP contribution in [-0.2, 0) is 14.9 Å². The normalized spacial score (nSPS) is 11.2. The molecule has 0 heterocycles. The monoisotopic (exact) mass is 253 g/mol. The predicted octanol–water partition coefficient (Wildman–Crippen LogP) is -0.372. The fourth-order valence-electron chi connectivity index (χ4n) is 0.521. The second-order valence-corrected chi connectivity index (χ2v) is 5.44. The first-order valence-electron chi connectivity index (χ1n) is 4.73. The minimum atomic E-state index is -3.78. The molecule has 0 bridgehead atoms. The van der Waals surface area contributed by atoms with E-state index in [9.17, 15) is 13.2 Å². The molecule has 0 rings (SSSR count). The molecular weight excluding hydrogens is 232 g/mol. The fraction of sp³-hybridized carbons (Fsp3) is 0.667. The van der Waals surface area contributed by atoms with E-state index in [1.54, 1.807) is 0 Å². The topological polar surface area (TPSA) is 97.5 Å². The van der Waals surface area contributed by atoms with Crippen molar-refractivity contribution in [3.63, 3.8) is 0 Å². The number of quaternary nitrogens is 1. The third-order valence-electron chi connectivity index (χ3n) is 2.01. The Morgan fingerprint density at radius 2 is 1.88 bits per heavy atom. The van der Waals surface area contributed by atoms with Crippen molar-refractivity contribution in [2.24, 2.45) is 5.73 Å². The van der Waals surface area contributed by atoms with Crippen LogP contribution in [0.15, 0.2) is 12.7 Å². The zero-order chi connectivity index (χ0) is 13.4. The molecule has 0 aromatic rings. The van der Waals surface area contributed by atoms with E-state index in [2.05, 4.69) is 12.3 Å². The van der Waals surface area contributed by atoms with Crippen molar-refractivity contribution >= 4 is 16.0 Å². The van der Waals surface area contributed by atoms with Crippen LogP contribution in [0.5, 0.6) is 0 Å². The van der Waals surface area contributed by atoms with Crippen LogP contribution in [0.25, 0.3) is 0 Å². The Balaban J connectivity index is 0. The average Bonchev–Trinajstić information content (AvgIpc) is 2.15. The van der Waals surface area contributed by atoms with Crippen LogP contribution in [0.3, 0.4) is 0 Å². The van der Waals surface area contributed by atoms with Crippen molar-refractivity contribution in [3.8, 4) is 0 Å². The lowest BCUT2D eigenvalue weighted by molar-refractivity contribution is -0.886. The van der Waals surface area contributed by atoms with E-state index in [-0.39, 0.29) is 5.75 Å². The molecular formula is C9H21N2O4S+. The van der Waals surface area contributed by atoms with E-state index < -0.39 is 16.0 Å². The molecule has 0 saturated carbocycles. The summed E-state index contributed by atoms with van der Waals surface area (Å²) in [5.74, 6) is -0.640. The number of hydrogen-bond acceptors (Lipinski definition) is 3. The summed E-state index contributed by atoms with van der Waals surface area (Å²) < 4.78 is 29.7. The van der Waals surface area contributed by atoms with E-state index in [0.717, 1.165) is 12.6 Å². The van der Waals surface area contributed by atoms with Crippen molar-refractivity contribution in [1.82, 2.24) is 0 Å². The lowest BCUT2D eigenvalue weighted by atomic mass is 10.5. The third-order valence-corrected chi connectivity index (χ3v) is 2.71. The zero-order valence-corrected chi connectivity index (χ0v) is 10.8. The third kappa shape index (κ3) is 15.5. The van der Waals surface area contributed by atoms with Gasteiger partial charge in [0, 0.05) is 0 Å². The largest absolute Gasteiger partial charge is 0.366 e. The first-order chi connectivity index (χ1) is 7.04. The maximum absolute atomic E-state index is 10.3. The zero-order valence-electron chi connectivity index (χ0n) is 10.0. The number of nitrogens with two attached hydrogens (primary N) is 1. The SMILES string of the molecule is C=CC(N)=O.CC[N+](C)(C)CCS(=O)(=O)O. The van der Waals surface area contributed by atoms with Gasteiger partial charge in [-0.05, 0) is 13.0 Å². The minimum Gasteiger partial charge on any atom is -0.366 e. The first-order valence-corrected chi connectivity index (χ1v) is 6.34. The van der Waals surface area contributed by atoms with Crippen LogP contribution < -0.4 is 5.73 Å². The van der Waals surface area contributed by atoms with Crippen molar-refractivity contribution in [2.45, 2.75) is 6.92 Å². The minimum absolute atomic E-state index is 0.159.